The molecular weight excluding hydrogens is 1060 g/mol. The van der Waals surface area contributed by atoms with Crippen LogP contribution in [-0.2, 0) is 128 Å². The summed E-state index contributed by atoms with van der Waals surface area (Å²) >= 11 is 0. The second kappa shape index (κ2) is 42.8. The quantitative estimate of drug-likeness (QED) is 0.0268. The Morgan fingerprint density at radius 3 is 1.02 bits per heavy atom. The molecule has 0 amide bonds. The Morgan fingerprint density at radius 2 is 0.800 bits per heavy atom. The molecule has 0 heterocycles. The van der Waals surface area contributed by atoms with Gasteiger partial charge in [0.05, 0.1) is 25.7 Å². The van der Waals surface area contributed by atoms with E-state index in [4.69, 9.17) is 85.4 Å². The molecule has 60 heavy (non-hydrogen) atoms. The maximum absolute atomic E-state index is 12.1. The number of ether oxygens (including phenoxy) is 3. The van der Waals surface area contributed by atoms with Gasteiger partial charge in [-0.15, -0.1) is 0 Å². The minimum absolute atomic E-state index is 0. The first-order chi connectivity index (χ1) is 22.5. The number of carboxylic acids is 4. The van der Waals surface area contributed by atoms with E-state index in [1.165, 1.54) is 0 Å². The molecule has 0 bridgehead atoms. The zero-order chi connectivity index (χ0) is 43.3. The summed E-state index contributed by atoms with van der Waals surface area (Å²) in [5.41, 5.74) is -6.43. The fourth-order valence-electron chi connectivity index (χ4n) is 2.14. The van der Waals surface area contributed by atoms with Crippen molar-refractivity contribution in [1.82, 2.24) is 12.3 Å². The van der Waals surface area contributed by atoms with Crippen LogP contribution in [0.1, 0.15) is 41.2 Å². The van der Waals surface area contributed by atoms with Crippen molar-refractivity contribution in [2.75, 3.05) is 6.61 Å². The molecule has 19 N–H and O–H groups in total. The largest absolute Gasteiger partial charge is 2.00 e. The predicted molar refractivity (Wildman–Crippen MR) is 175 cm³/mol. The monoisotopic (exact) mass is 1100 g/mol. The van der Waals surface area contributed by atoms with E-state index in [1.807, 2.05) is 0 Å². The second-order valence-corrected chi connectivity index (χ2v) is 11.6. The molecule has 2 atom stereocenters. The third-order valence-corrected chi connectivity index (χ3v) is 3.45. The fourth-order valence-corrected chi connectivity index (χ4v) is 2.14. The van der Waals surface area contributed by atoms with Gasteiger partial charge in [0.15, 0.2) is 12.2 Å². The maximum Gasteiger partial charge on any atom is 2.00 e. The van der Waals surface area contributed by atoms with Gasteiger partial charge in [0.1, 0.15) is 0 Å². The van der Waals surface area contributed by atoms with Crippen LogP contribution in [0.25, 0.3) is 0 Å². The zero-order valence-corrected chi connectivity index (χ0v) is 42.8. The van der Waals surface area contributed by atoms with E-state index in [0.717, 1.165) is 6.92 Å². The van der Waals surface area contributed by atoms with Crippen LogP contribution in [-0.4, -0.2) is 207 Å². The van der Waals surface area contributed by atoms with E-state index < -0.39 is 133 Å². The minimum Gasteiger partial charge on any atom is -1.00 e. The molecule has 34 nitrogen and oxygen atoms in total. The summed E-state index contributed by atoms with van der Waals surface area (Å²) in [6, 6.07) is 0. The van der Waals surface area contributed by atoms with E-state index in [1.54, 1.807) is 0 Å². The smallest absolute Gasteiger partial charge is 1.00 e. The standard InChI is InChI=1S/C16H18O16.2Mg.2Mn.2H3N.2Na.4H2O4S.6H/c1-7(17)31-12(24)6-30-10(22)5-16(14(27)28,3-9(20)21)32-11(23)4-15(29,13(25)26)2-8(18)19;;;;;;;;;4*1-5(2,3)4;;;;;;/h29H,2-6H2,1H3,(H,18,19)(H,20,21)(H,25,26)(H,27,28);;;;;2*1H3;;;4*(H2,1,2,3,4);;;;;;/q;2*+2;;;;;2*+1;;;;;6*-1. The molecule has 0 fully saturated rings. The summed E-state index contributed by atoms with van der Waals surface area (Å²) in [5, 5.41) is 45.7. The Kier molecular flexibility index (Phi) is 67.4. The number of rotatable bonds is 13. The van der Waals surface area contributed by atoms with Gasteiger partial charge in [0.25, 0.3) is 0 Å². The molecular formula is C16H38Mg2Mn2N2Na2O32S4. The average molecular weight is 1100 g/mol. The van der Waals surface area contributed by atoms with E-state index in [9.17, 15) is 48.6 Å². The number of aliphatic hydroxyl groups is 1. The Bertz CT molecular complexity index is 1650. The topological polar surface area (TPSA) is 634 Å². The zero-order valence-electron chi connectivity index (χ0n) is 36.3. The van der Waals surface area contributed by atoms with E-state index >= 15 is 0 Å². The first kappa shape index (κ1) is 94.5. The number of carboxylic acid groups (broad SMARTS) is 4. The third-order valence-electron chi connectivity index (χ3n) is 3.45. The van der Waals surface area contributed by atoms with Crippen molar-refractivity contribution in [1.29, 1.82) is 0 Å². The van der Waals surface area contributed by atoms with Gasteiger partial charge in [-0.2, -0.15) is 33.7 Å². The molecule has 0 aliphatic heterocycles. The van der Waals surface area contributed by atoms with Crippen molar-refractivity contribution in [2.45, 2.75) is 43.8 Å². The molecule has 0 saturated heterocycles. The van der Waals surface area contributed by atoms with E-state index in [2.05, 4.69) is 14.2 Å². The fraction of sp³-hybridized carbons (Fsp3) is 0.500. The molecule has 2 unspecified atom stereocenters. The van der Waals surface area contributed by atoms with Gasteiger partial charge < -0.3 is 60.6 Å². The normalized spacial score (nSPS) is 11.4. The number of carbonyl (C=O) groups is 8. The summed E-state index contributed by atoms with van der Waals surface area (Å²) in [6.07, 6.45) is -6.18. The summed E-state index contributed by atoms with van der Waals surface area (Å²) in [4.78, 5) is 90.2. The van der Waals surface area contributed by atoms with E-state index in [0.29, 0.717) is 0 Å². The number of hydrogen-bond donors (Lipinski definition) is 15. The molecule has 348 valence electrons. The SMILES string of the molecule is CC(=O)OC(=O)COC(=O)CC(CC(=O)O)(OC(=O)CC(O)(CC(=O)O)C(=O)O)C(=O)O.N.N.O=S(=O)(O)O.O=S(=O)(O)O.O=S(=O)(O)O.O=S(=O)(O)O.[H-].[H-].[H-].[H-].[H-].[H-].[Mg+2].[Mg+2].[Mn].[Mn].[Na+].[Na+]. The maximum atomic E-state index is 12.1. The van der Waals surface area contributed by atoms with Crippen molar-refractivity contribution in [2.24, 2.45) is 0 Å². The van der Waals surface area contributed by atoms with Gasteiger partial charge in [-0.25, -0.2) is 14.4 Å². The molecule has 0 saturated carbocycles. The molecule has 0 spiro atoms. The Morgan fingerprint density at radius 1 is 0.517 bits per heavy atom. The van der Waals surface area contributed by atoms with Gasteiger partial charge in [-0.3, -0.25) is 60.4 Å². The second-order valence-electron chi connectivity index (χ2n) is 8.02. The predicted octanol–water partition coefficient (Wildman–Crippen LogP) is -10.8. The average Bonchev–Trinajstić information content (AvgIpc) is 2.76. The number of hydrogen-bond acceptors (Lipinski definition) is 22. The molecule has 0 aliphatic carbocycles. The minimum atomic E-state index is -4.67. The third kappa shape index (κ3) is 89.0. The number of aliphatic carboxylic acids is 4. The van der Waals surface area contributed by atoms with Gasteiger partial charge >= 0.3 is 195 Å². The van der Waals surface area contributed by atoms with Crippen LogP contribution in [0.3, 0.4) is 0 Å². The first-order valence-electron chi connectivity index (χ1n) is 11.0. The molecule has 0 aromatic rings. The van der Waals surface area contributed by atoms with Crippen LogP contribution in [0.2, 0.25) is 0 Å². The molecule has 44 heteroatoms. The summed E-state index contributed by atoms with van der Waals surface area (Å²) in [6.45, 7) is -0.337. The van der Waals surface area contributed by atoms with Gasteiger partial charge in [0.2, 0.25) is 5.60 Å². The van der Waals surface area contributed by atoms with E-state index in [-0.39, 0.29) is 160 Å². The van der Waals surface area contributed by atoms with Gasteiger partial charge in [-0.05, 0) is 0 Å². The van der Waals surface area contributed by atoms with Crippen LogP contribution in [0.4, 0.5) is 0 Å². The molecule has 0 aromatic heterocycles. The van der Waals surface area contributed by atoms with Crippen molar-refractivity contribution in [3.05, 3.63) is 0 Å². The van der Waals surface area contributed by atoms with Crippen LogP contribution in [0, 0.1) is 0 Å². The van der Waals surface area contributed by atoms with Crippen molar-refractivity contribution >= 4 is 135 Å². The summed E-state index contributed by atoms with van der Waals surface area (Å²) in [7, 11) is -18.7. The van der Waals surface area contributed by atoms with Crippen molar-refractivity contribution in [3.8, 4) is 0 Å². The first-order valence-corrected chi connectivity index (χ1v) is 16.6. The number of esters is 4. The van der Waals surface area contributed by atoms with Crippen LogP contribution < -0.4 is 71.4 Å². The van der Waals surface area contributed by atoms with Gasteiger partial charge in [-0.1, -0.05) is 0 Å². The van der Waals surface area contributed by atoms with Gasteiger partial charge in [0, 0.05) is 41.1 Å². The van der Waals surface area contributed by atoms with Crippen LogP contribution >= 0.6 is 0 Å². The van der Waals surface area contributed by atoms with Crippen LogP contribution in [0.15, 0.2) is 0 Å². The van der Waals surface area contributed by atoms with Crippen molar-refractivity contribution < 1.29 is 250 Å². The summed E-state index contributed by atoms with van der Waals surface area (Å²) in [5.74, 6) is -14.0. The number of carbonyl (C=O) groups excluding carboxylic acids is 4. The molecule has 2 radical (unpaired) electrons. The molecule has 0 aromatic carbocycles. The van der Waals surface area contributed by atoms with Crippen molar-refractivity contribution in [3.63, 3.8) is 0 Å². The molecule has 0 rings (SSSR count). The van der Waals surface area contributed by atoms with Crippen LogP contribution in [0.5, 0.6) is 0 Å². The Labute approximate surface area is 443 Å². The summed E-state index contributed by atoms with van der Waals surface area (Å²) < 4.78 is 139. The Balaban J connectivity index is -0.0000000325. The molecule has 0 aliphatic rings. The Hall–Kier alpha value is -0.109.